The minimum absolute atomic E-state index is 0.599. The van der Waals surface area contributed by atoms with Gasteiger partial charge in [-0.2, -0.15) is 0 Å². The summed E-state index contributed by atoms with van der Waals surface area (Å²) in [5.74, 6) is 0. The van der Waals surface area contributed by atoms with Crippen LogP contribution in [0.5, 0.6) is 0 Å². The summed E-state index contributed by atoms with van der Waals surface area (Å²) in [7, 11) is 2.22. The highest BCUT2D eigenvalue weighted by Gasteiger charge is 2.27. The predicted octanol–water partition coefficient (Wildman–Crippen LogP) is 1.98. The zero-order valence-corrected chi connectivity index (χ0v) is 12.0. The standard InChI is InChI=1S/C15H25N3/c1-11-7-14(8-16)5-6-15(11)18-9-12(2)17(4)13(3)10-18/h5-7,12-13H,8-10,16H2,1-4H3. The van der Waals surface area contributed by atoms with Gasteiger partial charge in [0.15, 0.2) is 0 Å². The van der Waals surface area contributed by atoms with Gasteiger partial charge in [-0.05, 0) is 45.0 Å². The number of piperazine rings is 1. The predicted molar refractivity (Wildman–Crippen MR) is 78.0 cm³/mol. The lowest BCUT2D eigenvalue weighted by molar-refractivity contribution is 0.170. The third-order valence-electron chi connectivity index (χ3n) is 4.20. The summed E-state index contributed by atoms with van der Waals surface area (Å²) >= 11 is 0. The van der Waals surface area contributed by atoms with Crippen LogP contribution in [0.25, 0.3) is 0 Å². The molecule has 1 heterocycles. The second-order valence-corrected chi connectivity index (χ2v) is 5.59. The number of rotatable bonds is 2. The van der Waals surface area contributed by atoms with Crippen LogP contribution in [0.15, 0.2) is 18.2 Å². The first kappa shape index (κ1) is 13.4. The van der Waals surface area contributed by atoms with Crippen LogP contribution in [-0.2, 0) is 6.54 Å². The van der Waals surface area contributed by atoms with E-state index in [-0.39, 0.29) is 0 Å². The summed E-state index contributed by atoms with van der Waals surface area (Å²) in [5.41, 5.74) is 9.60. The van der Waals surface area contributed by atoms with Crippen LogP contribution in [0.2, 0.25) is 0 Å². The largest absolute Gasteiger partial charge is 0.368 e. The Bertz CT molecular complexity index is 404. The van der Waals surface area contributed by atoms with Gasteiger partial charge in [-0.1, -0.05) is 12.1 Å². The van der Waals surface area contributed by atoms with E-state index < -0.39 is 0 Å². The van der Waals surface area contributed by atoms with E-state index in [0.717, 1.165) is 13.1 Å². The van der Waals surface area contributed by atoms with Crippen molar-refractivity contribution in [2.24, 2.45) is 5.73 Å². The Morgan fingerprint density at radius 2 is 1.83 bits per heavy atom. The van der Waals surface area contributed by atoms with Gasteiger partial charge in [0.05, 0.1) is 0 Å². The van der Waals surface area contributed by atoms with E-state index in [1.54, 1.807) is 0 Å². The van der Waals surface area contributed by atoms with Gasteiger partial charge >= 0.3 is 0 Å². The fraction of sp³-hybridized carbons (Fsp3) is 0.600. The number of anilines is 1. The van der Waals surface area contributed by atoms with Crippen LogP contribution in [0.4, 0.5) is 5.69 Å². The minimum atomic E-state index is 0.599. The fourth-order valence-corrected chi connectivity index (χ4v) is 2.80. The zero-order valence-electron chi connectivity index (χ0n) is 12.0. The van der Waals surface area contributed by atoms with Crippen molar-refractivity contribution in [1.82, 2.24) is 4.90 Å². The number of benzene rings is 1. The molecule has 0 radical (unpaired) electrons. The van der Waals surface area contributed by atoms with Crippen LogP contribution in [0.1, 0.15) is 25.0 Å². The molecule has 0 spiro atoms. The quantitative estimate of drug-likeness (QED) is 0.867. The van der Waals surface area contributed by atoms with Gasteiger partial charge in [0.1, 0.15) is 0 Å². The number of likely N-dealkylation sites (N-methyl/N-ethyl adjacent to an activating group) is 1. The molecule has 2 rings (SSSR count). The fourth-order valence-electron chi connectivity index (χ4n) is 2.80. The molecular weight excluding hydrogens is 222 g/mol. The molecule has 1 aromatic rings. The van der Waals surface area contributed by atoms with E-state index in [0.29, 0.717) is 18.6 Å². The van der Waals surface area contributed by atoms with E-state index in [1.165, 1.54) is 16.8 Å². The molecular formula is C15H25N3. The number of hydrogen-bond donors (Lipinski definition) is 1. The molecule has 18 heavy (non-hydrogen) atoms. The van der Waals surface area contributed by atoms with Gasteiger partial charge in [-0.3, -0.25) is 4.90 Å². The summed E-state index contributed by atoms with van der Waals surface area (Å²) in [4.78, 5) is 4.96. The lowest BCUT2D eigenvalue weighted by Crippen LogP contribution is -2.55. The van der Waals surface area contributed by atoms with Crippen molar-refractivity contribution in [2.75, 3.05) is 25.0 Å². The van der Waals surface area contributed by atoms with Crippen molar-refractivity contribution < 1.29 is 0 Å². The first-order valence-corrected chi connectivity index (χ1v) is 6.79. The van der Waals surface area contributed by atoms with E-state index in [1.807, 2.05) is 0 Å². The van der Waals surface area contributed by atoms with Gasteiger partial charge in [-0.15, -0.1) is 0 Å². The van der Waals surface area contributed by atoms with Gasteiger partial charge in [0, 0.05) is 37.4 Å². The van der Waals surface area contributed by atoms with E-state index >= 15 is 0 Å². The molecule has 0 aromatic heterocycles. The normalized spacial score (nSPS) is 25.5. The third kappa shape index (κ3) is 2.52. The van der Waals surface area contributed by atoms with Crippen molar-refractivity contribution in [3.05, 3.63) is 29.3 Å². The van der Waals surface area contributed by atoms with Crippen molar-refractivity contribution >= 4 is 5.69 Å². The van der Waals surface area contributed by atoms with Gasteiger partial charge < -0.3 is 10.6 Å². The molecule has 1 aliphatic rings. The number of nitrogens with two attached hydrogens (primary N) is 1. The highest BCUT2D eigenvalue weighted by atomic mass is 15.3. The Hall–Kier alpha value is -1.06. The molecule has 1 saturated heterocycles. The first-order valence-electron chi connectivity index (χ1n) is 6.79. The second kappa shape index (κ2) is 5.29. The maximum atomic E-state index is 5.69. The SMILES string of the molecule is Cc1cc(CN)ccc1N1CC(C)N(C)C(C)C1. The Balaban J connectivity index is 2.21. The Morgan fingerprint density at radius 1 is 1.22 bits per heavy atom. The third-order valence-corrected chi connectivity index (χ3v) is 4.20. The molecule has 1 aromatic carbocycles. The van der Waals surface area contributed by atoms with Crippen LogP contribution in [-0.4, -0.2) is 37.1 Å². The van der Waals surface area contributed by atoms with Crippen molar-refractivity contribution in [3.8, 4) is 0 Å². The maximum absolute atomic E-state index is 5.69. The first-order chi connectivity index (χ1) is 8.52. The molecule has 3 heteroatoms. The average Bonchev–Trinajstić information content (AvgIpc) is 2.35. The lowest BCUT2D eigenvalue weighted by atomic mass is 10.0. The maximum Gasteiger partial charge on any atom is 0.0397 e. The zero-order chi connectivity index (χ0) is 13.3. The van der Waals surface area contributed by atoms with Crippen LogP contribution in [0, 0.1) is 6.92 Å². The Morgan fingerprint density at radius 3 is 2.33 bits per heavy atom. The van der Waals surface area contributed by atoms with Crippen LogP contribution >= 0.6 is 0 Å². The van der Waals surface area contributed by atoms with Crippen LogP contribution in [0.3, 0.4) is 0 Å². The molecule has 2 N–H and O–H groups in total. The summed E-state index contributed by atoms with van der Waals surface area (Å²) < 4.78 is 0. The molecule has 2 atom stereocenters. The number of nitrogens with zero attached hydrogens (tertiary/aromatic N) is 2. The van der Waals surface area contributed by atoms with E-state index in [4.69, 9.17) is 5.73 Å². The molecule has 100 valence electrons. The molecule has 3 nitrogen and oxygen atoms in total. The minimum Gasteiger partial charge on any atom is -0.368 e. The number of hydrogen-bond acceptors (Lipinski definition) is 3. The molecule has 0 amide bonds. The number of aryl methyl sites for hydroxylation is 1. The summed E-state index contributed by atoms with van der Waals surface area (Å²) in [6, 6.07) is 7.78. The summed E-state index contributed by atoms with van der Waals surface area (Å²) in [6.07, 6.45) is 0. The average molecular weight is 247 g/mol. The highest BCUT2D eigenvalue weighted by Crippen LogP contribution is 2.25. The van der Waals surface area contributed by atoms with Gasteiger partial charge in [0.2, 0.25) is 0 Å². The molecule has 0 saturated carbocycles. The van der Waals surface area contributed by atoms with Crippen molar-refractivity contribution in [3.63, 3.8) is 0 Å². The molecule has 2 unspecified atom stereocenters. The summed E-state index contributed by atoms with van der Waals surface area (Å²) in [5, 5.41) is 0. The highest BCUT2D eigenvalue weighted by molar-refractivity contribution is 5.55. The van der Waals surface area contributed by atoms with Crippen molar-refractivity contribution in [1.29, 1.82) is 0 Å². The van der Waals surface area contributed by atoms with E-state index in [9.17, 15) is 0 Å². The van der Waals surface area contributed by atoms with Crippen molar-refractivity contribution in [2.45, 2.75) is 39.4 Å². The molecule has 1 fully saturated rings. The smallest absolute Gasteiger partial charge is 0.0397 e. The Labute approximate surface area is 111 Å². The molecule has 0 bridgehead atoms. The van der Waals surface area contributed by atoms with E-state index in [2.05, 4.69) is 55.8 Å². The summed E-state index contributed by atoms with van der Waals surface area (Å²) in [6.45, 7) is 9.60. The van der Waals surface area contributed by atoms with Gasteiger partial charge in [0.25, 0.3) is 0 Å². The van der Waals surface area contributed by atoms with Crippen LogP contribution < -0.4 is 10.6 Å². The monoisotopic (exact) mass is 247 g/mol. The van der Waals surface area contributed by atoms with Gasteiger partial charge in [-0.25, -0.2) is 0 Å². The lowest BCUT2D eigenvalue weighted by Gasteiger charge is -2.44. The second-order valence-electron chi connectivity index (χ2n) is 5.59. The molecule has 0 aliphatic carbocycles. The molecule has 1 aliphatic heterocycles. The Kier molecular flexibility index (Phi) is 3.93. The topological polar surface area (TPSA) is 32.5 Å².